The van der Waals surface area contributed by atoms with Gasteiger partial charge in [-0.25, -0.2) is 0 Å². The van der Waals surface area contributed by atoms with E-state index in [4.69, 9.17) is 4.74 Å². The number of fused-ring (bicyclic) bond motifs is 5. The minimum Gasteiger partial charge on any atom is -0.462 e. The number of carbonyl (C=O) groups is 1. The van der Waals surface area contributed by atoms with Crippen molar-refractivity contribution in [3.05, 3.63) is 11.6 Å². The smallest absolute Gasteiger partial charge is 0.302 e. The normalized spacial score (nSPS) is 46.9. The molecule has 8 atom stereocenters. The van der Waals surface area contributed by atoms with Crippen LogP contribution in [0.1, 0.15) is 79.1 Å². The second-order valence-corrected chi connectivity index (χ2v) is 10.4. The van der Waals surface area contributed by atoms with Crippen molar-refractivity contribution in [3.63, 3.8) is 0 Å². The minimum absolute atomic E-state index is 0.0829. The maximum atomic E-state index is 11.4. The molecule has 0 aromatic heterocycles. The van der Waals surface area contributed by atoms with Gasteiger partial charge in [0, 0.05) is 19.3 Å². The summed E-state index contributed by atoms with van der Waals surface area (Å²) in [7, 11) is 0. The zero-order valence-corrected chi connectivity index (χ0v) is 17.5. The Morgan fingerprint density at radius 2 is 2.00 bits per heavy atom. The minimum atomic E-state index is -0.144. The summed E-state index contributed by atoms with van der Waals surface area (Å²) < 4.78 is 5.55. The van der Waals surface area contributed by atoms with Gasteiger partial charge in [-0.3, -0.25) is 4.79 Å². The van der Waals surface area contributed by atoms with Crippen molar-refractivity contribution in [3.8, 4) is 6.07 Å². The predicted octanol–water partition coefficient (Wildman–Crippen LogP) is 5.66. The quantitative estimate of drug-likeness (QED) is 0.466. The molecule has 27 heavy (non-hydrogen) atoms. The van der Waals surface area contributed by atoms with Gasteiger partial charge in [0.2, 0.25) is 0 Å². The van der Waals surface area contributed by atoms with Crippen LogP contribution >= 0.6 is 0 Å². The molecule has 3 nitrogen and oxygen atoms in total. The molecule has 0 aliphatic heterocycles. The molecule has 0 unspecified atom stereocenters. The Morgan fingerprint density at radius 1 is 1.22 bits per heavy atom. The molecular formula is C24H35NO2. The monoisotopic (exact) mass is 369 g/mol. The Morgan fingerprint density at radius 3 is 2.70 bits per heavy atom. The number of allylic oxidation sites excluding steroid dienone is 1. The SMILES string of the molecule is CC(=O)O[C@@H]1CC[C@@]2(C)C(=CC[C@H]3[C@@H]4CC[C@H]([C@H](C)C#N)[C@@]4(C)CC[C@@H]32)C1. The van der Waals surface area contributed by atoms with Gasteiger partial charge in [-0.15, -0.1) is 0 Å². The number of carbonyl (C=O) groups excluding carboxylic acids is 1. The van der Waals surface area contributed by atoms with Crippen molar-refractivity contribution in [2.75, 3.05) is 0 Å². The summed E-state index contributed by atoms with van der Waals surface area (Å²) >= 11 is 0. The third kappa shape index (κ3) is 2.86. The lowest BCUT2D eigenvalue weighted by Crippen LogP contribution is -2.51. The van der Waals surface area contributed by atoms with Crippen molar-refractivity contribution >= 4 is 5.97 Å². The Hall–Kier alpha value is -1.30. The lowest BCUT2D eigenvalue weighted by atomic mass is 9.47. The highest BCUT2D eigenvalue weighted by atomic mass is 16.5. The van der Waals surface area contributed by atoms with E-state index in [-0.39, 0.29) is 18.0 Å². The molecular weight excluding hydrogens is 334 g/mol. The van der Waals surface area contributed by atoms with Gasteiger partial charge in [0.1, 0.15) is 6.10 Å². The van der Waals surface area contributed by atoms with Gasteiger partial charge >= 0.3 is 5.97 Å². The van der Waals surface area contributed by atoms with Crippen molar-refractivity contribution in [1.29, 1.82) is 5.26 Å². The van der Waals surface area contributed by atoms with Crippen molar-refractivity contribution in [2.24, 2.45) is 40.4 Å². The number of nitrogens with zero attached hydrogens (tertiary/aromatic N) is 1. The molecule has 0 N–H and O–H groups in total. The van der Waals surface area contributed by atoms with Crippen LogP contribution in [0.2, 0.25) is 0 Å². The van der Waals surface area contributed by atoms with Crippen LogP contribution in [0, 0.1) is 51.8 Å². The second kappa shape index (κ2) is 6.64. The zero-order chi connectivity index (χ0) is 19.4. The van der Waals surface area contributed by atoms with Crippen LogP contribution < -0.4 is 0 Å². The summed E-state index contributed by atoms with van der Waals surface area (Å²) in [6.45, 7) is 8.66. The average Bonchev–Trinajstić information content (AvgIpc) is 2.98. The van der Waals surface area contributed by atoms with Gasteiger partial charge in [0.05, 0.1) is 6.07 Å². The van der Waals surface area contributed by atoms with Gasteiger partial charge in [0.15, 0.2) is 0 Å². The first-order chi connectivity index (χ1) is 12.8. The van der Waals surface area contributed by atoms with Gasteiger partial charge < -0.3 is 4.74 Å². The van der Waals surface area contributed by atoms with Crippen LogP contribution in [0.15, 0.2) is 11.6 Å². The van der Waals surface area contributed by atoms with E-state index < -0.39 is 0 Å². The number of hydrogen-bond donors (Lipinski definition) is 0. The molecule has 0 aromatic rings. The van der Waals surface area contributed by atoms with Crippen LogP contribution in [0.3, 0.4) is 0 Å². The van der Waals surface area contributed by atoms with E-state index in [1.807, 2.05) is 0 Å². The molecule has 4 rings (SSSR count). The maximum Gasteiger partial charge on any atom is 0.302 e. The largest absolute Gasteiger partial charge is 0.462 e. The summed E-state index contributed by atoms with van der Waals surface area (Å²) in [4.78, 5) is 11.4. The first-order valence-corrected chi connectivity index (χ1v) is 11.1. The molecule has 0 aromatic carbocycles. The molecule has 0 radical (unpaired) electrons. The first kappa shape index (κ1) is 19.0. The van der Waals surface area contributed by atoms with Gasteiger partial charge in [-0.2, -0.15) is 5.26 Å². The molecule has 4 aliphatic rings. The van der Waals surface area contributed by atoms with Gasteiger partial charge in [-0.1, -0.05) is 25.5 Å². The van der Waals surface area contributed by atoms with E-state index in [9.17, 15) is 10.1 Å². The zero-order valence-electron chi connectivity index (χ0n) is 17.5. The fraction of sp³-hybridized carbons (Fsp3) is 0.833. The number of ether oxygens (including phenoxy) is 1. The molecule has 3 heteroatoms. The van der Waals surface area contributed by atoms with E-state index in [1.165, 1.54) is 39.0 Å². The summed E-state index contributed by atoms with van der Waals surface area (Å²) in [6, 6.07) is 2.56. The van der Waals surface area contributed by atoms with Crippen LogP contribution in [0.5, 0.6) is 0 Å². The Bertz CT molecular complexity index is 691. The van der Waals surface area contributed by atoms with Crippen LogP contribution in [0.4, 0.5) is 0 Å². The lowest BCUT2D eigenvalue weighted by molar-refractivity contribution is -0.148. The van der Waals surface area contributed by atoms with Crippen molar-refractivity contribution in [2.45, 2.75) is 85.2 Å². The van der Waals surface area contributed by atoms with E-state index >= 15 is 0 Å². The Balaban J connectivity index is 1.58. The first-order valence-electron chi connectivity index (χ1n) is 11.1. The third-order valence-corrected chi connectivity index (χ3v) is 9.27. The number of esters is 1. The molecule has 0 amide bonds. The van der Waals surface area contributed by atoms with Gasteiger partial charge in [-0.05, 0) is 86.4 Å². The molecule has 0 saturated heterocycles. The molecule has 3 saturated carbocycles. The molecule has 4 aliphatic carbocycles. The summed E-state index contributed by atoms with van der Waals surface area (Å²) in [5.74, 6) is 2.93. The van der Waals surface area contributed by atoms with E-state index in [0.29, 0.717) is 16.7 Å². The topological polar surface area (TPSA) is 50.1 Å². The molecule has 148 valence electrons. The van der Waals surface area contributed by atoms with E-state index in [2.05, 4.69) is 32.9 Å². The Labute approximate surface area is 164 Å². The fourth-order valence-corrected chi connectivity index (χ4v) is 7.91. The molecule has 0 spiro atoms. The number of hydrogen-bond acceptors (Lipinski definition) is 3. The highest BCUT2D eigenvalue weighted by molar-refractivity contribution is 5.66. The second-order valence-electron chi connectivity index (χ2n) is 10.4. The molecule has 0 bridgehead atoms. The molecule has 0 heterocycles. The van der Waals surface area contributed by atoms with Crippen LogP contribution in [-0.2, 0) is 9.53 Å². The highest BCUT2D eigenvalue weighted by Gasteiger charge is 2.59. The van der Waals surface area contributed by atoms with Crippen molar-refractivity contribution < 1.29 is 9.53 Å². The van der Waals surface area contributed by atoms with Crippen LogP contribution in [-0.4, -0.2) is 12.1 Å². The molecule has 3 fully saturated rings. The standard InChI is InChI=1S/C24H35NO2/c1-15(14-25)20-7-8-21-19-6-5-17-13-18(27-16(2)26)9-11-23(17,3)22(19)10-12-24(20,21)4/h5,15,18-22H,6-13H2,1-4H3/t15-,18-,19+,20-,21+,22+,23+,24-/m1/s1. The fourth-order valence-electron chi connectivity index (χ4n) is 7.91. The highest BCUT2D eigenvalue weighted by Crippen LogP contribution is 2.67. The van der Waals surface area contributed by atoms with E-state index in [1.54, 1.807) is 5.57 Å². The third-order valence-electron chi connectivity index (χ3n) is 9.27. The van der Waals surface area contributed by atoms with Crippen LogP contribution in [0.25, 0.3) is 0 Å². The summed E-state index contributed by atoms with van der Waals surface area (Å²) in [6.07, 6.45) is 12.0. The lowest BCUT2D eigenvalue weighted by Gasteiger charge is -2.58. The maximum absolute atomic E-state index is 11.4. The van der Waals surface area contributed by atoms with E-state index in [0.717, 1.165) is 37.0 Å². The average molecular weight is 370 g/mol. The summed E-state index contributed by atoms with van der Waals surface area (Å²) in [5, 5.41) is 9.52. The predicted molar refractivity (Wildman–Crippen MR) is 106 cm³/mol. The summed E-state index contributed by atoms with van der Waals surface area (Å²) in [5.41, 5.74) is 2.21. The van der Waals surface area contributed by atoms with Crippen molar-refractivity contribution in [1.82, 2.24) is 0 Å². The Kier molecular flexibility index (Phi) is 4.68. The van der Waals surface area contributed by atoms with Gasteiger partial charge in [0.25, 0.3) is 0 Å². The number of nitriles is 1. The number of rotatable bonds is 2.